The molecule has 0 amide bonds. The van der Waals surface area contributed by atoms with Crippen LogP contribution < -0.4 is 4.74 Å². The zero-order valence-corrected chi connectivity index (χ0v) is 10.9. The Kier molecular flexibility index (Phi) is 5.26. The van der Waals surface area contributed by atoms with Gasteiger partial charge in [0.05, 0.1) is 0 Å². The summed E-state index contributed by atoms with van der Waals surface area (Å²) in [6.07, 6.45) is 0.520. The standard InChI is InChI=1S/C13H15BrO2/c1-10(2)9-16-12-5-3-11(4-6-12)13(15)7-8-14/h3-6H,1,7-9H2,2H3. The molecule has 0 N–H and O–H groups in total. The summed E-state index contributed by atoms with van der Waals surface area (Å²) in [5.74, 6) is 0.904. The topological polar surface area (TPSA) is 26.3 Å². The Morgan fingerprint density at radius 2 is 2.00 bits per heavy atom. The van der Waals surface area contributed by atoms with Gasteiger partial charge in [-0.2, -0.15) is 0 Å². The number of carbonyl (C=O) groups excluding carboxylic acids is 1. The summed E-state index contributed by atoms with van der Waals surface area (Å²) in [6.45, 7) is 6.18. The van der Waals surface area contributed by atoms with Gasteiger partial charge in [0, 0.05) is 17.3 Å². The van der Waals surface area contributed by atoms with Crippen LogP contribution in [-0.2, 0) is 0 Å². The first-order valence-electron chi connectivity index (χ1n) is 5.10. The molecule has 0 saturated carbocycles. The Bertz CT molecular complexity index is 368. The van der Waals surface area contributed by atoms with Gasteiger partial charge < -0.3 is 4.74 Å². The number of carbonyl (C=O) groups is 1. The van der Waals surface area contributed by atoms with E-state index in [0.717, 1.165) is 16.9 Å². The van der Waals surface area contributed by atoms with Gasteiger partial charge in [-0.05, 0) is 36.8 Å². The molecule has 86 valence electrons. The van der Waals surface area contributed by atoms with Crippen molar-refractivity contribution in [3.05, 3.63) is 42.0 Å². The largest absolute Gasteiger partial charge is 0.489 e. The lowest BCUT2D eigenvalue weighted by Crippen LogP contribution is -2.01. The average molecular weight is 283 g/mol. The SMILES string of the molecule is C=C(C)COc1ccc(C(=O)CCBr)cc1. The third kappa shape index (κ3) is 4.19. The van der Waals surface area contributed by atoms with Gasteiger partial charge in [-0.3, -0.25) is 4.79 Å². The van der Waals surface area contributed by atoms with E-state index in [0.29, 0.717) is 18.4 Å². The van der Waals surface area contributed by atoms with Crippen molar-refractivity contribution in [1.82, 2.24) is 0 Å². The molecule has 0 saturated heterocycles. The van der Waals surface area contributed by atoms with E-state index < -0.39 is 0 Å². The fraction of sp³-hybridized carbons (Fsp3) is 0.308. The molecule has 0 aromatic heterocycles. The zero-order valence-electron chi connectivity index (χ0n) is 9.33. The second-order valence-electron chi connectivity index (χ2n) is 3.63. The van der Waals surface area contributed by atoms with E-state index in [9.17, 15) is 4.79 Å². The number of hydrogen-bond acceptors (Lipinski definition) is 2. The Balaban J connectivity index is 2.60. The molecule has 2 nitrogen and oxygen atoms in total. The minimum Gasteiger partial charge on any atom is -0.489 e. The molecule has 0 aliphatic heterocycles. The Morgan fingerprint density at radius 3 is 2.50 bits per heavy atom. The van der Waals surface area contributed by atoms with Gasteiger partial charge in [-0.1, -0.05) is 22.5 Å². The van der Waals surface area contributed by atoms with E-state index in [2.05, 4.69) is 22.5 Å². The normalized spacial score (nSPS) is 9.88. The smallest absolute Gasteiger partial charge is 0.163 e. The van der Waals surface area contributed by atoms with Crippen molar-refractivity contribution in [3.8, 4) is 5.75 Å². The van der Waals surface area contributed by atoms with Crippen molar-refractivity contribution >= 4 is 21.7 Å². The van der Waals surface area contributed by atoms with Crippen LogP contribution in [0.3, 0.4) is 0 Å². The van der Waals surface area contributed by atoms with Crippen molar-refractivity contribution in [2.24, 2.45) is 0 Å². The molecule has 0 aliphatic rings. The van der Waals surface area contributed by atoms with Crippen molar-refractivity contribution in [2.45, 2.75) is 13.3 Å². The predicted octanol–water partition coefficient (Wildman–Crippen LogP) is 3.61. The lowest BCUT2D eigenvalue weighted by Gasteiger charge is -2.06. The highest BCUT2D eigenvalue weighted by Crippen LogP contribution is 2.14. The van der Waals surface area contributed by atoms with Crippen LogP contribution in [0.15, 0.2) is 36.4 Å². The summed E-state index contributed by atoms with van der Waals surface area (Å²) in [5.41, 5.74) is 1.70. The summed E-state index contributed by atoms with van der Waals surface area (Å²) >= 11 is 3.25. The van der Waals surface area contributed by atoms with Gasteiger partial charge in [0.1, 0.15) is 12.4 Å². The monoisotopic (exact) mass is 282 g/mol. The van der Waals surface area contributed by atoms with Gasteiger partial charge >= 0.3 is 0 Å². The summed E-state index contributed by atoms with van der Waals surface area (Å²) in [4.78, 5) is 11.5. The minimum atomic E-state index is 0.142. The van der Waals surface area contributed by atoms with Crippen LogP contribution in [0.1, 0.15) is 23.7 Å². The molecule has 0 aliphatic carbocycles. The van der Waals surface area contributed by atoms with Gasteiger partial charge in [-0.25, -0.2) is 0 Å². The number of Topliss-reactive ketones (excluding diaryl/α,β-unsaturated/α-hetero) is 1. The van der Waals surface area contributed by atoms with E-state index in [4.69, 9.17) is 4.74 Å². The molecule has 0 atom stereocenters. The Hall–Kier alpha value is -1.09. The lowest BCUT2D eigenvalue weighted by molar-refractivity contribution is 0.0990. The van der Waals surface area contributed by atoms with Crippen LogP contribution in [0, 0.1) is 0 Å². The number of rotatable bonds is 6. The van der Waals surface area contributed by atoms with Crippen LogP contribution in [-0.4, -0.2) is 17.7 Å². The molecule has 3 heteroatoms. The number of benzene rings is 1. The first-order chi connectivity index (χ1) is 7.63. The lowest BCUT2D eigenvalue weighted by atomic mass is 10.1. The van der Waals surface area contributed by atoms with Crippen molar-refractivity contribution < 1.29 is 9.53 Å². The summed E-state index contributed by atoms with van der Waals surface area (Å²) in [5, 5.41) is 0.694. The number of ketones is 1. The number of alkyl halides is 1. The van der Waals surface area contributed by atoms with Gasteiger partial charge in [0.15, 0.2) is 5.78 Å². The van der Waals surface area contributed by atoms with E-state index in [1.807, 2.05) is 19.1 Å². The van der Waals surface area contributed by atoms with Crippen molar-refractivity contribution in [1.29, 1.82) is 0 Å². The molecule has 0 fully saturated rings. The third-order valence-corrected chi connectivity index (χ3v) is 2.38. The quantitative estimate of drug-likeness (QED) is 0.453. The maximum absolute atomic E-state index is 11.5. The van der Waals surface area contributed by atoms with E-state index in [-0.39, 0.29) is 5.78 Å². The first-order valence-corrected chi connectivity index (χ1v) is 6.22. The fourth-order valence-corrected chi connectivity index (χ4v) is 1.53. The van der Waals surface area contributed by atoms with E-state index in [1.165, 1.54) is 0 Å². The summed E-state index contributed by atoms with van der Waals surface area (Å²) < 4.78 is 5.44. The molecule has 1 aromatic rings. The Labute approximate surface area is 104 Å². The number of hydrogen-bond donors (Lipinski definition) is 0. The number of halogens is 1. The highest BCUT2D eigenvalue weighted by Gasteiger charge is 2.04. The number of ether oxygens (including phenoxy) is 1. The van der Waals surface area contributed by atoms with Crippen LogP contribution in [0.5, 0.6) is 5.75 Å². The molecule has 1 rings (SSSR count). The molecular formula is C13H15BrO2. The highest BCUT2D eigenvalue weighted by molar-refractivity contribution is 9.09. The third-order valence-electron chi connectivity index (χ3n) is 1.98. The van der Waals surface area contributed by atoms with Crippen molar-refractivity contribution in [2.75, 3.05) is 11.9 Å². The van der Waals surface area contributed by atoms with Crippen LogP contribution in [0.25, 0.3) is 0 Å². The van der Waals surface area contributed by atoms with Crippen LogP contribution in [0.4, 0.5) is 0 Å². The molecule has 0 unspecified atom stereocenters. The highest BCUT2D eigenvalue weighted by atomic mass is 79.9. The van der Waals surface area contributed by atoms with E-state index >= 15 is 0 Å². The van der Waals surface area contributed by atoms with Gasteiger partial charge in [0.2, 0.25) is 0 Å². The predicted molar refractivity (Wildman–Crippen MR) is 69.5 cm³/mol. The van der Waals surface area contributed by atoms with Crippen LogP contribution >= 0.6 is 15.9 Å². The van der Waals surface area contributed by atoms with E-state index in [1.54, 1.807) is 12.1 Å². The average Bonchev–Trinajstić information content (AvgIpc) is 2.27. The molecule has 16 heavy (non-hydrogen) atoms. The van der Waals surface area contributed by atoms with Gasteiger partial charge in [0.25, 0.3) is 0 Å². The summed E-state index contributed by atoms with van der Waals surface area (Å²) in [7, 11) is 0. The Morgan fingerprint density at radius 1 is 1.38 bits per heavy atom. The second kappa shape index (κ2) is 6.48. The fourth-order valence-electron chi connectivity index (χ4n) is 1.17. The molecule has 0 spiro atoms. The molecule has 1 aromatic carbocycles. The van der Waals surface area contributed by atoms with Crippen LogP contribution in [0.2, 0.25) is 0 Å². The first kappa shape index (κ1) is 13.0. The second-order valence-corrected chi connectivity index (χ2v) is 4.43. The van der Waals surface area contributed by atoms with Gasteiger partial charge in [-0.15, -0.1) is 0 Å². The minimum absolute atomic E-state index is 0.142. The summed E-state index contributed by atoms with van der Waals surface area (Å²) in [6, 6.07) is 7.20. The molecule has 0 heterocycles. The molecule has 0 radical (unpaired) electrons. The molecule has 0 bridgehead atoms. The zero-order chi connectivity index (χ0) is 12.0. The maximum atomic E-state index is 11.5. The van der Waals surface area contributed by atoms with Crippen molar-refractivity contribution in [3.63, 3.8) is 0 Å². The maximum Gasteiger partial charge on any atom is 0.163 e. The molecular weight excluding hydrogens is 268 g/mol.